The van der Waals surface area contributed by atoms with E-state index in [2.05, 4.69) is 275 Å². The molecule has 0 fully saturated rings. The van der Waals surface area contributed by atoms with Crippen LogP contribution in [0.1, 0.15) is 129 Å². The average Bonchev–Trinajstić information content (AvgIpc) is 3.89. The van der Waals surface area contributed by atoms with Gasteiger partial charge in [-0.1, -0.05) is 187 Å². The number of hydrogen-bond acceptors (Lipinski definition) is 4. The molecule has 3 heterocycles. The molecule has 7 aromatic carbocycles. The van der Waals surface area contributed by atoms with Gasteiger partial charge >= 0.3 is 0 Å². The number of benzene rings is 7. The van der Waals surface area contributed by atoms with Crippen molar-refractivity contribution >= 4 is 44.6 Å². The van der Waals surface area contributed by atoms with Gasteiger partial charge < -0.3 is 19.1 Å². The van der Waals surface area contributed by atoms with Crippen LogP contribution in [0.3, 0.4) is 0 Å². The topological polar surface area (TPSA) is 33.5 Å². The number of rotatable bonds is 9. The fraction of sp³-hybridized carbons (Fsp3) is 0.273. The molecule has 0 amide bonds. The van der Waals surface area contributed by atoms with Crippen molar-refractivity contribution in [3.63, 3.8) is 0 Å². The van der Waals surface area contributed by atoms with Crippen molar-refractivity contribution < 1.29 is 25.8 Å². The fourth-order valence-corrected chi connectivity index (χ4v) is 10.0. The summed E-state index contributed by atoms with van der Waals surface area (Å²) in [6.45, 7) is 31.8. The predicted octanol–water partition coefficient (Wildman–Crippen LogP) is 17.5. The zero-order chi connectivity index (χ0) is 50.3. The summed E-state index contributed by atoms with van der Waals surface area (Å²) >= 11 is 0. The number of aromatic nitrogens is 2. The molecule has 0 atom stereocenters. The molecule has 0 N–H and O–H groups in total. The quantitative estimate of drug-likeness (QED) is 0.135. The Morgan fingerprint density at radius 1 is 0.444 bits per heavy atom. The molecule has 0 saturated carbocycles. The van der Waals surface area contributed by atoms with Crippen LogP contribution < -0.4 is 14.5 Å². The summed E-state index contributed by atoms with van der Waals surface area (Å²) in [6, 6.07) is 64.8. The molecule has 5 nitrogen and oxygen atoms in total. The van der Waals surface area contributed by atoms with Crippen LogP contribution in [0.5, 0.6) is 11.5 Å². The fourth-order valence-electron chi connectivity index (χ4n) is 10.0. The summed E-state index contributed by atoms with van der Waals surface area (Å²) in [4.78, 5) is 9.60. The third kappa shape index (κ3) is 9.42. The normalized spacial score (nSPS) is 13.4. The minimum atomic E-state index is -0.381. The molecule has 0 saturated heterocycles. The summed E-state index contributed by atoms with van der Waals surface area (Å²) < 4.78 is 9.31. The molecule has 9 aromatic rings. The Hall–Kier alpha value is -6.42. The minimum Gasteiger partial charge on any atom is -0.509 e. The van der Waals surface area contributed by atoms with E-state index in [1.54, 1.807) is 0 Å². The van der Waals surface area contributed by atoms with Gasteiger partial charge in [-0.15, -0.1) is 53.6 Å². The summed E-state index contributed by atoms with van der Waals surface area (Å²) in [6.07, 6.45) is 1.93. The molecule has 1 aliphatic heterocycles. The minimum absolute atomic E-state index is 0. The standard InChI is InChI=1S/C66H67N4O.Pt/c1-62(2,3)46-27-31-57-56(38-46)55-30-29-53(42-59(55)70(57)61-40-48(33-34-67-61)64(7,8)9)71-54-37-50(66(12,13)45-23-18-15-19-24-45)36-52(41-54)69-43-68(60-39-47(63(4,5)6)28-32-58(60)69)51-26-20-25-49(35-51)65(10,11)44-21-16-14-17-22-44;/h14-40,43H,1-13H3;/q-3;. The van der Waals surface area contributed by atoms with E-state index in [9.17, 15) is 0 Å². The van der Waals surface area contributed by atoms with E-state index in [1.165, 1.54) is 33.4 Å². The largest absolute Gasteiger partial charge is 0.509 e. The Morgan fingerprint density at radius 3 is 1.69 bits per heavy atom. The van der Waals surface area contributed by atoms with E-state index in [0.717, 1.165) is 55.9 Å². The number of pyridine rings is 1. The number of hydrogen-bond donors (Lipinski definition) is 0. The summed E-state index contributed by atoms with van der Waals surface area (Å²) in [5, 5.41) is 2.26. The molecule has 2 aromatic heterocycles. The molecule has 0 spiro atoms. The van der Waals surface area contributed by atoms with Gasteiger partial charge in [0.25, 0.3) is 0 Å². The molecular weight excluding hydrogens is 1060 g/mol. The summed E-state index contributed by atoms with van der Waals surface area (Å²) in [5.41, 5.74) is 14.0. The second-order valence-electron chi connectivity index (χ2n) is 23.6. The maximum absolute atomic E-state index is 7.06. The van der Waals surface area contributed by atoms with Crippen LogP contribution in [0.2, 0.25) is 0 Å². The Morgan fingerprint density at radius 2 is 1.04 bits per heavy atom. The van der Waals surface area contributed by atoms with Crippen LogP contribution in [0.15, 0.2) is 164 Å². The van der Waals surface area contributed by atoms with Crippen molar-refractivity contribution in [2.24, 2.45) is 0 Å². The van der Waals surface area contributed by atoms with Gasteiger partial charge in [-0.25, -0.2) is 4.98 Å². The molecule has 72 heavy (non-hydrogen) atoms. The average molecular weight is 1130 g/mol. The van der Waals surface area contributed by atoms with Gasteiger partial charge in [-0.2, -0.15) is 6.07 Å². The number of nitrogens with zero attached hydrogens (tertiary/aromatic N) is 4. The molecule has 0 radical (unpaired) electrons. The Bertz CT molecular complexity index is 3440. The van der Waals surface area contributed by atoms with Gasteiger partial charge in [0.05, 0.1) is 0 Å². The molecule has 10 rings (SSSR count). The second-order valence-corrected chi connectivity index (χ2v) is 23.6. The van der Waals surface area contributed by atoms with E-state index in [1.807, 2.05) is 12.3 Å². The van der Waals surface area contributed by atoms with Gasteiger partial charge in [0.15, 0.2) is 0 Å². The van der Waals surface area contributed by atoms with Crippen LogP contribution in [-0.2, 0) is 48.1 Å². The first-order chi connectivity index (χ1) is 33.6. The zero-order valence-corrected chi connectivity index (χ0v) is 46.5. The Labute approximate surface area is 443 Å². The summed E-state index contributed by atoms with van der Waals surface area (Å²) in [7, 11) is 0. The van der Waals surface area contributed by atoms with Crippen molar-refractivity contribution in [2.45, 2.75) is 117 Å². The number of ether oxygens (including phenoxy) is 1. The first kappa shape index (κ1) is 50.5. The van der Waals surface area contributed by atoms with Crippen molar-refractivity contribution in [3.05, 3.63) is 222 Å². The Balaban J connectivity index is 0.00000640. The maximum Gasteiger partial charge on any atom is 0.135 e. The smallest absolute Gasteiger partial charge is 0.135 e. The molecule has 0 unspecified atom stereocenters. The molecule has 1 aliphatic rings. The predicted molar refractivity (Wildman–Crippen MR) is 297 cm³/mol. The van der Waals surface area contributed by atoms with Crippen LogP contribution in [0.25, 0.3) is 27.6 Å². The van der Waals surface area contributed by atoms with Gasteiger partial charge in [0.2, 0.25) is 0 Å². The van der Waals surface area contributed by atoms with Crippen molar-refractivity contribution in [2.75, 3.05) is 9.80 Å². The monoisotopic (exact) mass is 1130 g/mol. The third-order valence-corrected chi connectivity index (χ3v) is 14.8. The van der Waals surface area contributed by atoms with Crippen LogP contribution in [0, 0.1) is 18.8 Å². The molecular formula is C66H67N4OPt-3. The molecule has 0 bridgehead atoms. The van der Waals surface area contributed by atoms with E-state index in [4.69, 9.17) is 9.72 Å². The maximum atomic E-state index is 7.06. The number of anilines is 4. The zero-order valence-electron chi connectivity index (χ0n) is 44.2. The molecule has 370 valence electrons. The number of fused-ring (bicyclic) bond motifs is 4. The van der Waals surface area contributed by atoms with Crippen LogP contribution in [0.4, 0.5) is 22.7 Å². The van der Waals surface area contributed by atoms with E-state index >= 15 is 0 Å². The van der Waals surface area contributed by atoms with Crippen molar-refractivity contribution in [3.8, 4) is 17.3 Å². The van der Waals surface area contributed by atoms with E-state index in [-0.39, 0.29) is 48.1 Å². The Kier molecular flexibility index (Phi) is 13.0. The first-order valence-electron chi connectivity index (χ1n) is 25.1. The SMILES string of the molecule is CC(C)(C)c1ccnc(-n2c3[c-]c(Oc4[c-]c(N5[CH-]N(c6cccc(C(C)(C)c7ccccc7)c6)c6cc(C(C)(C)C)ccc65)cc(C(C)(C)c5ccccc5)c4)ccc3c3cc(C(C)(C)C)ccc32)c1.[Pt]. The van der Waals surface area contributed by atoms with Gasteiger partial charge in [0, 0.05) is 66.8 Å². The van der Waals surface area contributed by atoms with E-state index < -0.39 is 0 Å². The summed E-state index contributed by atoms with van der Waals surface area (Å²) in [5.74, 6) is 2.06. The van der Waals surface area contributed by atoms with Gasteiger partial charge in [-0.3, -0.25) is 0 Å². The van der Waals surface area contributed by atoms with E-state index in [0.29, 0.717) is 11.5 Å². The molecule has 6 heteroatoms. The van der Waals surface area contributed by atoms with Crippen LogP contribution in [-0.4, -0.2) is 9.55 Å². The first-order valence-corrected chi connectivity index (χ1v) is 25.1. The third-order valence-electron chi connectivity index (χ3n) is 14.8. The second kappa shape index (κ2) is 18.6. The van der Waals surface area contributed by atoms with Gasteiger partial charge in [-0.05, 0) is 103 Å². The van der Waals surface area contributed by atoms with Crippen molar-refractivity contribution in [1.29, 1.82) is 0 Å². The van der Waals surface area contributed by atoms with Crippen LogP contribution >= 0.6 is 0 Å². The molecule has 0 aliphatic carbocycles. The van der Waals surface area contributed by atoms with Crippen molar-refractivity contribution in [1.82, 2.24) is 9.55 Å². The van der Waals surface area contributed by atoms with Gasteiger partial charge in [0.1, 0.15) is 5.82 Å².